The van der Waals surface area contributed by atoms with Gasteiger partial charge in [-0.1, -0.05) is 0 Å². The van der Waals surface area contributed by atoms with E-state index in [4.69, 9.17) is 5.73 Å². The highest BCUT2D eigenvalue weighted by atomic mass is 32.1. The first-order valence-corrected chi connectivity index (χ1v) is 10.8. The number of aromatic nitrogens is 3. The summed E-state index contributed by atoms with van der Waals surface area (Å²) in [5, 5.41) is 7.22. The number of rotatable bonds is 6. The number of thiophene rings is 2. The lowest BCUT2D eigenvalue weighted by Gasteiger charge is -2.10. The van der Waals surface area contributed by atoms with E-state index in [0.717, 1.165) is 26.8 Å². The molecule has 4 aromatic heterocycles. The highest BCUT2D eigenvalue weighted by Crippen LogP contribution is 2.44. The van der Waals surface area contributed by atoms with Gasteiger partial charge < -0.3 is 11.1 Å². The lowest BCUT2D eigenvalue weighted by Crippen LogP contribution is -2.22. The molecule has 0 atom stereocenters. The minimum absolute atomic E-state index is 0.0500. The third-order valence-corrected chi connectivity index (χ3v) is 6.75. The number of hydrogen-bond acceptors (Lipinski definition) is 6. The molecule has 3 N–H and O–H groups in total. The van der Waals surface area contributed by atoms with Crippen molar-refractivity contribution in [3.63, 3.8) is 0 Å². The number of carbonyl (C=O) groups is 2. The van der Waals surface area contributed by atoms with Crippen molar-refractivity contribution in [2.45, 2.75) is 26.8 Å². The topological polar surface area (TPSA) is 103 Å². The van der Waals surface area contributed by atoms with Crippen LogP contribution in [-0.4, -0.2) is 26.6 Å². The van der Waals surface area contributed by atoms with Crippen molar-refractivity contribution >= 4 is 50.4 Å². The Morgan fingerprint density at radius 1 is 1.23 bits per heavy atom. The molecule has 0 saturated heterocycles. The Morgan fingerprint density at radius 2 is 2.00 bits per heavy atom. The summed E-state index contributed by atoms with van der Waals surface area (Å²) >= 11 is 2.30. The van der Waals surface area contributed by atoms with Crippen LogP contribution in [0.3, 0.4) is 0 Å². The van der Waals surface area contributed by atoms with Crippen LogP contribution in [0.2, 0.25) is 0 Å². The number of amides is 2. The van der Waals surface area contributed by atoms with E-state index >= 15 is 0 Å². The van der Waals surface area contributed by atoms with Crippen molar-refractivity contribution in [2.75, 3.05) is 5.32 Å². The van der Waals surface area contributed by atoms with Crippen molar-refractivity contribution in [3.05, 3.63) is 51.6 Å². The fraction of sp³-hybridized carbons (Fsp3) is 0.200. The standard InChI is InChI=1S/C20H17F2N5O2S2/c1-9-5-6-24-27(9)8-14(28)26-16-15-11(13-4-3-10(2)30-13)7-12(18(21)22)25-20(15)31-17(16)19(23)29/h3-7,18H,8H2,1-2H3,(H2,23,29)(H,26,28). The van der Waals surface area contributed by atoms with Crippen molar-refractivity contribution < 1.29 is 18.4 Å². The molecule has 0 radical (unpaired) electrons. The van der Waals surface area contributed by atoms with Gasteiger partial charge >= 0.3 is 0 Å². The lowest BCUT2D eigenvalue weighted by atomic mass is 10.1. The van der Waals surface area contributed by atoms with E-state index in [1.807, 2.05) is 26.0 Å². The van der Waals surface area contributed by atoms with E-state index in [-0.39, 0.29) is 21.9 Å². The normalized spacial score (nSPS) is 11.4. The van der Waals surface area contributed by atoms with Crippen LogP contribution in [0.15, 0.2) is 30.5 Å². The number of carbonyl (C=O) groups excluding carboxylic acids is 2. The Morgan fingerprint density at radius 3 is 2.58 bits per heavy atom. The number of hydrogen-bond donors (Lipinski definition) is 2. The Balaban J connectivity index is 1.88. The van der Waals surface area contributed by atoms with Crippen LogP contribution < -0.4 is 11.1 Å². The molecule has 0 aliphatic heterocycles. The molecule has 0 fully saturated rings. The quantitative estimate of drug-likeness (QED) is 0.441. The molecular weight excluding hydrogens is 444 g/mol. The molecule has 4 aromatic rings. The maximum absolute atomic E-state index is 13.5. The zero-order chi connectivity index (χ0) is 22.3. The zero-order valence-corrected chi connectivity index (χ0v) is 18.1. The summed E-state index contributed by atoms with van der Waals surface area (Å²) < 4.78 is 28.5. The fourth-order valence-corrected chi connectivity index (χ4v) is 5.08. The Labute approximate surface area is 183 Å². The number of nitrogens with zero attached hydrogens (tertiary/aromatic N) is 3. The van der Waals surface area contributed by atoms with Crippen LogP contribution in [0.25, 0.3) is 20.7 Å². The summed E-state index contributed by atoms with van der Waals surface area (Å²) in [6.45, 7) is 3.63. The number of nitrogens with one attached hydrogen (secondary N) is 1. The summed E-state index contributed by atoms with van der Waals surface area (Å²) in [6, 6.07) is 6.73. The number of anilines is 1. The SMILES string of the molecule is Cc1ccc(-c2cc(C(F)F)nc3sc(C(N)=O)c(NC(=O)Cn4nccc4C)c23)s1. The number of halogens is 2. The number of aryl methyl sites for hydroxylation is 2. The first-order valence-electron chi connectivity index (χ1n) is 9.15. The summed E-state index contributed by atoms with van der Waals surface area (Å²) in [6.07, 6.45) is -1.21. The average Bonchev–Trinajstić information content (AvgIpc) is 3.41. The molecule has 4 rings (SSSR count). The molecular formula is C20H17F2N5O2S2. The molecule has 4 heterocycles. The molecule has 0 aliphatic carbocycles. The van der Waals surface area contributed by atoms with Gasteiger partial charge in [0, 0.05) is 32.6 Å². The van der Waals surface area contributed by atoms with Crippen LogP contribution in [-0.2, 0) is 11.3 Å². The molecule has 7 nitrogen and oxygen atoms in total. The Hall–Kier alpha value is -3.18. The highest BCUT2D eigenvalue weighted by Gasteiger charge is 2.25. The van der Waals surface area contributed by atoms with Gasteiger partial charge in [0.05, 0.1) is 5.69 Å². The Bertz CT molecular complexity index is 1310. The summed E-state index contributed by atoms with van der Waals surface area (Å²) in [4.78, 5) is 30.8. The summed E-state index contributed by atoms with van der Waals surface area (Å²) in [7, 11) is 0. The molecule has 0 bridgehead atoms. The minimum Gasteiger partial charge on any atom is -0.365 e. The molecule has 2 amide bonds. The minimum atomic E-state index is -2.79. The molecule has 160 valence electrons. The molecule has 0 saturated carbocycles. The molecule has 11 heteroatoms. The maximum Gasteiger partial charge on any atom is 0.280 e. The van der Waals surface area contributed by atoms with Crippen molar-refractivity contribution in [1.29, 1.82) is 0 Å². The summed E-state index contributed by atoms with van der Waals surface area (Å²) in [5.41, 5.74) is 6.56. The van der Waals surface area contributed by atoms with Gasteiger partial charge in [-0.2, -0.15) is 5.10 Å². The van der Waals surface area contributed by atoms with Gasteiger partial charge in [-0.25, -0.2) is 13.8 Å². The number of fused-ring (bicyclic) bond motifs is 1. The second-order valence-corrected chi connectivity index (χ2v) is 9.12. The van der Waals surface area contributed by atoms with Gasteiger partial charge in [0.15, 0.2) is 0 Å². The van der Waals surface area contributed by atoms with E-state index in [9.17, 15) is 18.4 Å². The van der Waals surface area contributed by atoms with Crippen LogP contribution in [0.4, 0.5) is 14.5 Å². The van der Waals surface area contributed by atoms with Crippen molar-refractivity contribution in [2.24, 2.45) is 5.73 Å². The fourth-order valence-electron chi connectivity index (χ4n) is 3.17. The van der Waals surface area contributed by atoms with Gasteiger partial charge in [-0.3, -0.25) is 14.3 Å². The smallest absolute Gasteiger partial charge is 0.280 e. The third-order valence-electron chi connectivity index (χ3n) is 4.62. The molecule has 0 unspecified atom stereocenters. The second-order valence-electron chi connectivity index (χ2n) is 6.83. The third kappa shape index (κ3) is 4.06. The average molecular weight is 462 g/mol. The van der Waals surface area contributed by atoms with Crippen molar-refractivity contribution in [1.82, 2.24) is 14.8 Å². The predicted octanol–water partition coefficient (Wildman–Crippen LogP) is 4.51. The van der Waals surface area contributed by atoms with Crippen LogP contribution in [0, 0.1) is 13.8 Å². The largest absolute Gasteiger partial charge is 0.365 e. The molecule has 31 heavy (non-hydrogen) atoms. The van der Waals surface area contributed by atoms with Gasteiger partial charge in [0.1, 0.15) is 21.9 Å². The summed E-state index contributed by atoms with van der Waals surface area (Å²) in [5.74, 6) is -1.21. The number of primary amides is 1. The van der Waals surface area contributed by atoms with Gasteiger partial charge in [0.25, 0.3) is 12.3 Å². The maximum atomic E-state index is 13.5. The molecule has 0 aliphatic rings. The van der Waals surface area contributed by atoms with E-state index in [0.29, 0.717) is 10.9 Å². The number of pyridine rings is 1. The number of nitrogens with two attached hydrogens (primary N) is 1. The van der Waals surface area contributed by atoms with Crippen LogP contribution in [0.1, 0.15) is 32.4 Å². The monoisotopic (exact) mass is 461 g/mol. The van der Waals surface area contributed by atoms with Crippen LogP contribution in [0.5, 0.6) is 0 Å². The Kier molecular flexibility index (Phi) is 5.54. The van der Waals surface area contributed by atoms with Crippen LogP contribution >= 0.6 is 22.7 Å². The zero-order valence-electron chi connectivity index (χ0n) is 16.5. The molecule has 0 aromatic carbocycles. The van der Waals surface area contributed by atoms with Gasteiger partial charge in [0.2, 0.25) is 5.91 Å². The van der Waals surface area contributed by atoms with Crippen molar-refractivity contribution in [3.8, 4) is 10.4 Å². The van der Waals surface area contributed by atoms with Gasteiger partial charge in [-0.15, -0.1) is 22.7 Å². The highest BCUT2D eigenvalue weighted by molar-refractivity contribution is 7.21. The van der Waals surface area contributed by atoms with E-state index < -0.39 is 23.9 Å². The van der Waals surface area contributed by atoms with Gasteiger partial charge in [-0.05, 0) is 38.1 Å². The number of alkyl halides is 2. The van der Waals surface area contributed by atoms with E-state index in [1.165, 1.54) is 22.1 Å². The predicted molar refractivity (Wildman–Crippen MR) is 117 cm³/mol. The van der Waals surface area contributed by atoms with E-state index in [2.05, 4.69) is 15.4 Å². The molecule has 0 spiro atoms. The lowest BCUT2D eigenvalue weighted by molar-refractivity contribution is -0.116. The first kappa shape index (κ1) is 21.1. The second kappa shape index (κ2) is 8.16. The first-order chi connectivity index (χ1) is 14.7. The van der Waals surface area contributed by atoms with E-state index in [1.54, 1.807) is 12.3 Å².